The number of nitrogen functional groups attached to an aromatic ring is 1. The molecule has 2 rings (SSSR count). The fraction of sp³-hybridized carbons (Fsp3) is 0.556. The number of ether oxygens (including phenoxy) is 1. The monoisotopic (exact) mass is 401 g/mol. The highest BCUT2D eigenvalue weighted by atomic mass is 127. The first-order chi connectivity index (χ1) is 9.08. The zero-order valence-electron chi connectivity index (χ0n) is 9.55. The van der Waals surface area contributed by atoms with Crippen molar-refractivity contribution in [2.45, 2.75) is 24.5 Å². The van der Waals surface area contributed by atoms with Crippen LogP contribution < -0.4 is 11.4 Å². The Bertz CT molecular complexity index is 501. The van der Waals surface area contributed by atoms with Gasteiger partial charge in [0, 0.05) is 27.4 Å². The minimum absolute atomic E-state index is 0.0862. The number of anilines is 1. The van der Waals surface area contributed by atoms with Crippen LogP contribution in [-0.2, 0) is 8.92 Å². The molecule has 4 atom stereocenters. The summed E-state index contributed by atoms with van der Waals surface area (Å²) in [7, 11) is 1.02. The van der Waals surface area contributed by atoms with Crippen molar-refractivity contribution in [3.63, 3.8) is 0 Å². The van der Waals surface area contributed by atoms with E-state index in [0.29, 0.717) is 0 Å². The van der Waals surface area contributed by atoms with E-state index in [2.05, 4.69) is 4.98 Å². The summed E-state index contributed by atoms with van der Waals surface area (Å²) in [5.74, 6) is 0.0862. The fourth-order valence-electron chi connectivity index (χ4n) is 1.88. The number of nitrogens with two attached hydrogens (primary N) is 1. The average molecular weight is 401 g/mol. The largest absolute Gasteiger partial charge is 0.394 e. The maximum atomic E-state index is 11.7. The molecule has 8 nitrogen and oxygen atoms in total. The number of hydrogen-bond donors (Lipinski definition) is 3. The molecule has 1 fully saturated rings. The second-order valence-corrected chi connectivity index (χ2v) is 5.30. The Kier molecular flexibility index (Phi) is 5.03. The Morgan fingerprint density at radius 1 is 1.68 bits per heavy atom. The van der Waals surface area contributed by atoms with Gasteiger partial charge in [0.25, 0.3) is 0 Å². The summed E-state index contributed by atoms with van der Waals surface area (Å²) in [6.45, 7) is -0.327. The van der Waals surface area contributed by atoms with Gasteiger partial charge < -0.3 is 20.7 Å². The van der Waals surface area contributed by atoms with Crippen LogP contribution in [0.15, 0.2) is 17.1 Å². The fourth-order valence-corrected chi connectivity index (χ4v) is 2.92. The first-order valence-electron chi connectivity index (χ1n) is 5.31. The SMILES string of the molecule is Nc1ccn(C2OC(CO)C(OSI)C2O)c(=O)n1. The third-order valence-electron chi connectivity index (χ3n) is 2.76. The summed E-state index contributed by atoms with van der Waals surface area (Å²) in [6, 6.07) is 1.42. The second-order valence-electron chi connectivity index (χ2n) is 3.90. The highest BCUT2D eigenvalue weighted by molar-refractivity contribution is 14.2. The first kappa shape index (κ1) is 15.0. The highest BCUT2D eigenvalue weighted by Crippen LogP contribution is 2.33. The molecular formula is C9H12IN3O5S. The maximum absolute atomic E-state index is 11.7. The minimum Gasteiger partial charge on any atom is -0.394 e. The Balaban J connectivity index is 2.28. The zero-order valence-corrected chi connectivity index (χ0v) is 12.5. The topological polar surface area (TPSA) is 120 Å². The third-order valence-corrected chi connectivity index (χ3v) is 3.68. The maximum Gasteiger partial charge on any atom is 0.351 e. The summed E-state index contributed by atoms with van der Waals surface area (Å²) in [6.07, 6.45) is -2.13. The number of nitrogens with zero attached hydrogens (tertiary/aromatic N) is 2. The molecule has 0 amide bonds. The molecule has 4 unspecified atom stereocenters. The van der Waals surface area contributed by atoms with Gasteiger partial charge in [-0.05, 0) is 6.07 Å². The van der Waals surface area contributed by atoms with Crippen molar-refractivity contribution in [3.05, 3.63) is 22.7 Å². The quantitative estimate of drug-likeness (QED) is 0.455. The molecule has 0 spiro atoms. The molecule has 10 heteroatoms. The van der Waals surface area contributed by atoms with E-state index in [-0.39, 0.29) is 12.4 Å². The van der Waals surface area contributed by atoms with Gasteiger partial charge in [-0.3, -0.25) is 8.75 Å². The number of aliphatic hydroxyl groups is 2. The minimum atomic E-state index is -1.09. The lowest BCUT2D eigenvalue weighted by molar-refractivity contribution is -0.0541. The van der Waals surface area contributed by atoms with Crippen molar-refractivity contribution >= 4 is 36.2 Å². The molecule has 106 valence electrons. The lowest BCUT2D eigenvalue weighted by Gasteiger charge is -2.18. The van der Waals surface area contributed by atoms with Crippen LogP contribution in [0, 0.1) is 0 Å². The van der Waals surface area contributed by atoms with Crippen LogP contribution in [0.3, 0.4) is 0 Å². The molecule has 0 aliphatic carbocycles. The molecule has 0 aromatic carbocycles. The molecule has 2 heterocycles. The van der Waals surface area contributed by atoms with E-state index in [1.54, 1.807) is 0 Å². The van der Waals surface area contributed by atoms with Gasteiger partial charge in [0.05, 0.1) is 15.8 Å². The molecule has 1 aromatic rings. The number of halogens is 1. The Hall–Kier alpha value is -0.400. The van der Waals surface area contributed by atoms with E-state index in [1.807, 2.05) is 21.2 Å². The third kappa shape index (κ3) is 3.03. The smallest absolute Gasteiger partial charge is 0.351 e. The average Bonchev–Trinajstić information content (AvgIpc) is 2.68. The highest BCUT2D eigenvalue weighted by Gasteiger charge is 2.46. The number of rotatable bonds is 4. The van der Waals surface area contributed by atoms with Gasteiger partial charge in [0.2, 0.25) is 0 Å². The van der Waals surface area contributed by atoms with Crippen LogP contribution in [0.1, 0.15) is 6.23 Å². The van der Waals surface area contributed by atoms with Crippen LogP contribution >= 0.6 is 30.4 Å². The number of hydrogen-bond acceptors (Lipinski definition) is 8. The van der Waals surface area contributed by atoms with Crippen LogP contribution in [0.2, 0.25) is 0 Å². The summed E-state index contributed by atoms with van der Waals surface area (Å²) in [4.78, 5) is 15.3. The van der Waals surface area contributed by atoms with Crippen molar-refractivity contribution in [2.75, 3.05) is 12.3 Å². The van der Waals surface area contributed by atoms with Gasteiger partial charge in [0.1, 0.15) is 24.1 Å². The second kappa shape index (κ2) is 6.37. The predicted octanol–water partition coefficient (Wildman–Crippen LogP) is -0.540. The summed E-state index contributed by atoms with van der Waals surface area (Å²) in [5.41, 5.74) is 4.76. The number of aliphatic hydroxyl groups excluding tert-OH is 2. The van der Waals surface area contributed by atoms with Crippen molar-refractivity contribution in [2.24, 2.45) is 0 Å². The Labute approximate surface area is 124 Å². The molecule has 19 heavy (non-hydrogen) atoms. The molecule has 4 N–H and O–H groups in total. The van der Waals surface area contributed by atoms with Gasteiger partial charge >= 0.3 is 5.69 Å². The lowest BCUT2D eigenvalue weighted by Crippen LogP contribution is -2.36. The molecule has 1 aromatic heterocycles. The van der Waals surface area contributed by atoms with E-state index < -0.39 is 30.2 Å². The molecule has 1 saturated heterocycles. The molecule has 0 saturated carbocycles. The van der Waals surface area contributed by atoms with Gasteiger partial charge in [-0.1, -0.05) is 0 Å². The van der Waals surface area contributed by atoms with Crippen molar-refractivity contribution in [1.29, 1.82) is 0 Å². The van der Waals surface area contributed by atoms with E-state index in [4.69, 9.17) is 14.7 Å². The first-order valence-corrected chi connectivity index (χ1v) is 8.60. The van der Waals surface area contributed by atoms with E-state index >= 15 is 0 Å². The van der Waals surface area contributed by atoms with Crippen molar-refractivity contribution in [1.82, 2.24) is 9.55 Å². The molecule has 0 radical (unpaired) electrons. The molecule has 1 aliphatic rings. The summed E-state index contributed by atoms with van der Waals surface area (Å²) < 4.78 is 11.8. The van der Waals surface area contributed by atoms with Gasteiger partial charge in [-0.15, -0.1) is 0 Å². The van der Waals surface area contributed by atoms with Crippen molar-refractivity contribution in [3.8, 4) is 0 Å². The predicted molar refractivity (Wildman–Crippen MR) is 76.4 cm³/mol. The Morgan fingerprint density at radius 3 is 3.00 bits per heavy atom. The molecule has 1 aliphatic heterocycles. The van der Waals surface area contributed by atoms with Crippen LogP contribution in [0.4, 0.5) is 5.82 Å². The van der Waals surface area contributed by atoms with E-state index in [1.165, 1.54) is 12.3 Å². The van der Waals surface area contributed by atoms with E-state index in [0.717, 1.165) is 13.8 Å². The zero-order chi connectivity index (χ0) is 14.0. The normalized spacial score (nSPS) is 30.7. The van der Waals surface area contributed by atoms with Gasteiger partial charge in [-0.2, -0.15) is 4.98 Å². The van der Waals surface area contributed by atoms with Gasteiger partial charge in [-0.25, -0.2) is 4.79 Å². The lowest BCUT2D eigenvalue weighted by atomic mass is 10.1. The van der Waals surface area contributed by atoms with Crippen LogP contribution in [0.25, 0.3) is 0 Å². The van der Waals surface area contributed by atoms with E-state index in [9.17, 15) is 15.0 Å². The number of aromatic nitrogens is 2. The summed E-state index contributed by atoms with van der Waals surface area (Å²) in [5, 5.41) is 19.3. The van der Waals surface area contributed by atoms with Crippen LogP contribution in [0.5, 0.6) is 0 Å². The Morgan fingerprint density at radius 2 is 2.42 bits per heavy atom. The van der Waals surface area contributed by atoms with Gasteiger partial charge in [0.15, 0.2) is 6.23 Å². The summed E-state index contributed by atoms with van der Waals surface area (Å²) >= 11 is 1.89. The molecule has 0 bridgehead atoms. The standard InChI is InChI=1S/C9H12IN3O5S/c10-19-18-7-4(3-14)17-8(6(7)15)13-2-1-5(11)12-9(13)16/h1-2,4,6-8,14-15H,3H2,(H2,11,12,16). The van der Waals surface area contributed by atoms with Crippen molar-refractivity contribution < 1.29 is 19.1 Å². The van der Waals surface area contributed by atoms with Crippen LogP contribution in [-0.4, -0.2) is 44.7 Å². The molecular weight excluding hydrogens is 389 g/mol.